The summed E-state index contributed by atoms with van der Waals surface area (Å²) in [4.78, 5) is 35.8. The summed E-state index contributed by atoms with van der Waals surface area (Å²) < 4.78 is 11.6. The highest BCUT2D eigenvalue weighted by Crippen LogP contribution is 2.35. The first-order valence-corrected chi connectivity index (χ1v) is 13.4. The van der Waals surface area contributed by atoms with Crippen LogP contribution in [0.3, 0.4) is 0 Å². The molecule has 38 heavy (non-hydrogen) atoms. The average molecular weight is 535 g/mol. The van der Waals surface area contributed by atoms with Crippen LogP contribution in [0.1, 0.15) is 40.8 Å². The van der Waals surface area contributed by atoms with E-state index in [1.807, 2.05) is 36.2 Å². The van der Waals surface area contributed by atoms with Crippen molar-refractivity contribution in [3.05, 3.63) is 58.7 Å². The number of carbonyl (C=O) groups is 1. The lowest BCUT2D eigenvalue weighted by atomic mass is 10.1. The molecule has 4 heterocycles. The lowest BCUT2D eigenvalue weighted by Gasteiger charge is -2.28. The second-order valence-corrected chi connectivity index (χ2v) is 10.2. The number of carbonyl (C=O) groups excluding carboxylic acids is 1. The molecule has 0 saturated carbocycles. The van der Waals surface area contributed by atoms with Crippen molar-refractivity contribution in [2.45, 2.75) is 26.5 Å². The molecular formula is C27H30N6O4S. The van der Waals surface area contributed by atoms with E-state index in [9.17, 15) is 9.90 Å². The molecule has 1 N–H and O–H groups in total. The molecule has 1 saturated heterocycles. The Morgan fingerprint density at radius 3 is 2.68 bits per heavy atom. The number of aliphatic hydroxyl groups excluding tert-OH is 1. The van der Waals surface area contributed by atoms with Gasteiger partial charge in [-0.3, -0.25) is 0 Å². The van der Waals surface area contributed by atoms with Gasteiger partial charge in [0.05, 0.1) is 48.2 Å². The first-order valence-electron chi connectivity index (χ1n) is 12.5. The minimum atomic E-state index is -0.575. The minimum Gasteiger partial charge on any atom is -0.462 e. The van der Waals surface area contributed by atoms with Crippen molar-refractivity contribution >= 4 is 39.3 Å². The Kier molecular flexibility index (Phi) is 7.77. The molecule has 11 heteroatoms. The Hall–Kier alpha value is -3.67. The summed E-state index contributed by atoms with van der Waals surface area (Å²) in [6.07, 6.45) is 2.39. The highest BCUT2D eigenvalue weighted by molar-refractivity contribution is 7.19. The Labute approximate surface area is 224 Å². The van der Waals surface area contributed by atoms with E-state index in [0.29, 0.717) is 43.7 Å². The normalized spacial score (nSPS) is 14.5. The first-order chi connectivity index (χ1) is 18.4. The lowest BCUT2D eigenvalue weighted by molar-refractivity contribution is 0.0525. The van der Waals surface area contributed by atoms with Gasteiger partial charge in [0.2, 0.25) is 5.95 Å². The number of fused-ring (bicyclic) bond motifs is 1. The fourth-order valence-corrected chi connectivity index (χ4v) is 5.41. The zero-order valence-electron chi connectivity index (χ0n) is 21.6. The summed E-state index contributed by atoms with van der Waals surface area (Å²) in [5, 5.41) is 10.1. The average Bonchev–Trinajstić information content (AvgIpc) is 3.35. The van der Waals surface area contributed by atoms with Crippen LogP contribution in [0, 0.1) is 0 Å². The molecule has 5 rings (SSSR count). The molecule has 1 aliphatic rings. The number of aliphatic hydroxyl groups is 1. The van der Waals surface area contributed by atoms with Gasteiger partial charge in [-0.05, 0) is 31.5 Å². The van der Waals surface area contributed by atoms with E-state index in [0.717, 1.165) is 45.1 Å². The van der Waals surface area contributed by atoms with Crippen molar-refractivity contribution in [2.75, 3.05) is 49.8 Å². The zero-order valence-corrected chi connectivity index (χ0v) is 22.4. The Balaban J connectivity index is 1.47. The van der Waals surface area contributed by atoms with Crippen LogP contribution in [0.4, 0.5) is 11.8 Å². The van der Waals surface area contributed by atoms with Gasteiger partial charge in [0.1, 0.15) is 0 Å². The molecule has 1 fully saturated rings. The van der Waals surface area contributed by atoms with Crippen LogP contribution in [0.25, 0.3) is 21.6 Å². The van der Waals surface area contributed by atoms with Crippen LogP contribution in [0.2, 0.25) is 0 Å². The Bertz CT molecular complexity index is 1420. The predicted molar refractivity (Wildman–Crippen MR) is 147 cm³/mol. The number of nitrogens with zero attached hydrogens (tertiary/aromatic N) is 6. The molecule has 0 bridgehead atoms. The number of aromatic nitrogens is 4. The number of rotatable bonds is 8. The third kappa shape index (κ3) is 5.59. The van der Waals surface area contributed by atoms with Crippen molar-refractivity contribution in [1.82, 2.24) is 19.9 Å². The van der Waals surface area contributed by atoms with Gasteiger partial charge in [-0.1, -0.05) is 18.2 Å². The summed E-state index contributed by atoms with van der Waals surface area (Å²) >= 11 is 1.65. The molecule has 0 amide bonds. The van der Waals surface area contributed by atoms with Crippen molar-refractivity contribution in [1.29, 1.82) is 0 Å². The largest absolute Gasteiger partial charge is 0.462 e. The van der Waals surface area contributed by atoms with Gasteiger partial charge in [0, 0.05) is 43.0 Å². The second kappa shape index (κ2) is 11.4. The standard InChI is InChI=1S/C27H30N6O4S/c1-4-37-26(35)20-14-28-27(29-15-20)32(3)16-21-13-22-23(38-21)25(33-8-10-36-11-9-33)31-24(30-22)19-7-5-6-18(12-19)17(2)34/h5-7,12-15,17,34H,4,8-11,16H2,1-3H3/t17-/m0/s1. The fourth-order valence-electron chi connectivity index (χ4n) is 4.24. The highest BCUT2D eigenvalue weighted by atomic mass is 32.1. The lowest BCUT2D eigenvalue weighted by Crippen LogP contribution is -2.36. The highest BCUT2D eigenvalue weighted by Gasteiger charge is 2.21. The van der Waals surface area contributed by atoms with E-state index in [4.69, 9.17) is 19.4 Å². The summed E-state index contributed by atoms with van der Waals surface area (Å²) in [6.45, 7) is 7.19. The van der Waals surface area contributed by atoms with Gasteiger partial charge in [-0.2, -0.15) is 0 Å². The molecule has 1 aromatic carbocycles. The van der Waals surface area contributed by atoms with E-state index < -0.39 is 12.1 Å². The molecule has 0 spiro atoms. The van der Waals surface area contributed by atoms with Crippen LogP contribution in [0.5, 0.6) is 0 Å². The number of esters is 1. The second-order valence-electron chi connectivity index (χ2n) is 9.05. The number of hydrogen-bond acceptors (Lipinski definition) is 11. The van der Waals surface area contributed by atoms with Crippen LogP contribution in [0.15, 0.2) is 42.7 Å². The van der Waals surface area contributed by atoms with Gasteiger partial charge in [0.15, 0.2) is 11.6 Å². The third-order valence-corrected chi connectivity index (χ3v) is 7.33. The maximum Gasteiger partial charge on any atom is 0.341 e. The van der Waals surface area contributed by atoms with E-state index in [1.165, 1.54) is 12.4 Å². The predicted octanol–water partition coefficient (Wildman–Crippen LogP) is 3.85. The minimum absolute atomic E-state index is 0.301. The molecule has 4 aromatic rings. The molecule has 1 aliphatic heterocycles. The molecule has 0 radical (unpaired) electrons. The van der Waals surface area contributed by atoms with Crippen LogP contribution in [-0.2, 0) is 16.0 Å². The molecule has 10 nitrogen and oxygen atoms in total. The number of ether oxygens (including phenoxy) is 2. The van der Waals surface area contributed by atoms with Gasteiger partial charge in [0.25, 0.3) is 0 Å². The first kappa shape index (κ1) is 26.0. The zero-order chi connectivity index (χ0) is 26.6. The number of hydrogen-bond donors (Lipinski definition) is 1. The quantitative estimate of drug-likeness (QED) is 0.334. The summed E-state index contributed by atoms with van der Waals surface area (Å²) in [7, 11) is 1.91. The maximum absolute atomic E-state index is 11.9. The Morgan fingerprint density at radius 2 is 1.97 bits per heavy atom. The number of morpholine rings is 1. The SMILES string of the molecule is CCOC(=O)c1cnc(N(C)Cc2cc3nc(-c4cccc([C@H](C)O)c4)nc(N4CCOCC4)c3s2)nc1. The van der Waals surface area contributed by atoms with Crippen LogP contribution < -0.4 is 9.80 Å². The molecule has 1 atom stereocenters. The monoisotopic (exact) mass is 534 g/mol. The number of anilines is 2. The van der Waals surface area contributed by atoms with Gasteiger partial charge < -0.3 is 24.4 Å². The molecule has 198 valence electrons. The van der Waals surface area contributed by atoms with Crippen molar-refractivity contribution in [3.63, 3.8) is 0 Å². The molecule has 3 aromatic heterocycles. The van der Waals surface area contributed by atoms with Gasteiger partial charge in [-0.15, -0.1) is 11.3 Å². The summed E-state index contributed by atoms with van der Waals surface area (Å²) in [5.74, 6) is 1.59. The van der Waals surface area contributed by atoms with Crippen LogP contribution in [-0.4, -0.2) is 71.0 Å². The topological polar surface area (TPSA) is 114 Å². The van der Waals surface area contributed by atoms with E-state index in [1.54, 1.807) is 25.2 Å². The van der Waals surface area contributed by atoms with E-state index in [-0.39, 0.29) is 0 Å². The van der Waals surface area contributed by atoms with Gasteiger partial charge >= 0.3 is 5.97 Å². The third-order valence-electron chi connectivity index (χ3n) is 6.23. The van der Waals surface area contributed by atoms with E-state index in [2.05, 4.69) is 20.9 Å². The maximum atomic E-state index is 11.9. The number of benzene rings is 1. The fraction of sp³-hybridized carbons (Fsp3) is 0.370. The molecular weight excluding hydrogens is 504 g/mol. The molecule has 0 unspecified atom stereocenters. The van der Waals surface area contributed by atoms with Crippen LogP contribution >= 0.6 is 11.3 Å². The summed E-state index contributed by atoms with van der Waals surface area (Å²) in [5.41, 5.74) is 2.87. The van der Waals surface area contributed by atoms with Crippen molar-refractivity contribution < 1.29 is 19.4 Å². The number of thiophene rings is 1. The van der Waals surface area contributed by atoms with Crippen molar-refractivity contribution in [2.24, 2.45) is 0 Å². The molecule has 0 aliphatic carbocycles. The van der Waals surface area contributed by atoms with E-state index >= 15 is 0 Å². The van der Waals surface area contributed by atoms with Crippen molar-refractivity contribution in [3.8, 4) is 11.4 Å². The Morgan fingerprint density at radius 1 is 1.21 bits per heavy atom. The van der Waals surface area contributed by atoms with Gasteiger partial charge in [-0.25, -0.2) is 24.7 Å². The summed E-state index contributed by atoms with van der Waals surface area (Å²) in [6, 6.07) is 9.80. The smallest absolute Gasteiger partial charge is 0.341 e.